The molecule has 0 N–H and O–H groups in total. The van der Waals surface area contributed by atoms with Crippen molar-refractivity contribution in [1.82, 2.24) is 28.5 Å². The van der Waals surface area contributed by atoms with Crippen molar-refractivity contribution in [3.8, 4) is 45.3 Å². The lowest BCUT2D eigenvalue weighted by atomic mass is 10.0. The third kappa shape index (κ3) is 4.67. The number of aromatic nitrogens is 6. The molecule has 0 saturated carbocycles. The van der Waals surface area contributed by atoms with Crippen LogP contribution in [0.25, 0.3) is 83.9 Å². The Morgan fingerprint density at radius 2 is 1.08 bits per heavy atom. The van der Waals surface area contributed by atoms with Gasteiger partial charge in [-0.25, -0.2) is 9.97 Å². The summed E-state index contributed by atoms with van der Waals surface area (Å²) < 4.78 is 6.24. The summed E-state index contributed by atoms with van der Waals surface area (Å²) in [7, 11) is 0. The first-order valence-corrected chi connectivity index (χ1v) is 16.8. The first-order valence-electron chi connectivity index (χ1n) is 16.8. The average Bonchev–Trinajstić information content (AvgIpc) is 3.70. The molecular formula is C44H28N6O. The molecule has 0 aliphatic rings. The lowest BCUT2D eigenvalue weighted by Crippen LogP contribution is -2.13. The average molecular weight is 657 g/mol. The van der Waals surface area contributed by atoms with Crippen molar-refractivity contribution in [3.63, 3.8) is 0 Å². The van der Waals surface area contributed by atoms with Gasteiger partial charge in [0.25, 0.3) is 5.56 Å². The topological polar surface area (TPSA) is 70.0 Å². The van der Waals surface area contributed by atoms with Gasteiger partial charge in [-0.3, -0.25) is 18.3 Å². The van der Waals surface area contributed by atoms with Crippen molar-refractivity contribution in [1.29, 1.82) is 0 Å². The fraction of sp³-hybridized carbons (Fsp3) is 0. The van der Waals surface area contributed by atoms with E-state index in [1.165, 1.54) is 0 Å². The van der Waals surface area contributed by atoms with Gasteiger partial charge in [0.1, 0.15) is 5.82 Å². The van der Waals surface area contributed by atoms with Crippen LogP contribution in [0.1, 0.15) is 0 Å². The Bertz CT molecular complexity index is 2920. The van der Waals surface area contributed by atoms with Crippen LogP contribution in [0.4, 0.5) is 0 Å². The van der Waals surface area contributed by atoms with Gasteiger partial charge >= 0.3 is 0 Å². The fourth-order valence-corrected chi connectivity index (χ4v) is 7.19. The second-order valence-electron chi connectivity index (χ2n) is 12.5. The summed E-state index contributed by atoms with van der Waals surface area (Å²) in [6.07, 6.45) is 1.93. The highest BCUT2D eigenvalue weighted by molar-refractivity contribution is 6.10. The van der Waals surface area contributed by atoms with E-state index in [4.69, 9.17) is 9.97 Å². The molecule has 0 saturated heterocycles. The highest BCUT2D eigenvalue weighted by atomic mass is 16.1. The molecule has 51 heavy (non-hydrogen) atoms. The van der Waals surface area contributed by atoms with Crippen molar-refractivity contribution in [2.75, 3.05) is 0 Å². The van der Waals surface area contributed by atoms with Crippen LogP contribution in [0, 0.1) is 0 Å². The maximum atomic E-state index is 13.9. The maximum absolute atomic E-state index is 13.9. The van der Waals surface area contributed by atoms with Crippen LogP contribution < -0.4 is 5.56 Å². The van der Waals surface area contributed by atoms with Crippen LogP contribution in [0.2, 0.25) is 0 Å². The standard InChI is InChI=1S/C44H28N6O/c51-43-35(28-48-39-22-12-13-23-40(39)49(44(48)47-43)32-18-8-3-9-19-32)31-24-25-38-34(26-31)33-20-10-11-21-37(33)50(38)41-27-36(29-14-4-1-5-15-29)45-42(46-41)30-16-6-2-7-17-30/h1-28H. The van der Waals surface area contributed by atoms with E-state index in [0.717, 1.165) is 66.7 Å². The first-order chi connectivity index (χ1) is 25.2. The monoisotopic (exact) mass is 656 g/mol. The smallest absolute Gasteiger partial charge is 0.282 e. The number of rotatable bonds is 5. The lowest BCUT2D eigenvalue weighted by molar-refractivity contribution is 1.03. The van der Waals surface area contributed by atoms with Gasteiger partial charge < -0.3 is 0 Å². The van der Waals surface area contributed by atoms with Gasteiger partial charge in [0.2, 0.25) is 5.78 Å². The number of para-hydroxylation sites is 4. The van der Waals surface area contributed by atoms with E-state index in [-0.39, 0.29) is 5.56 Å². The van der Waals surface area contributed by atoms with Crippen molar-refractivity contribution in [3.05, 3.63) is 180 Å². The van der Waals surface area contributed by atoms with Gasteiger partial charge in [-0.05, 0) is 48.0 Å². The molecule has 240 valence electrons. The van der Waals surface area contributed by atoms with Crippen LogP contribution in [0.3, 0.4) is 0 Å². The Morgan fingerprint density at radius 1 is 0.451 bits per heavy atom. The largest absolute Gasteiger partial charge is 0.294 e. The van der Waals surface area contributed by atoms with Crippen molar-refractivity contribution in [2.45, 2.75) is 0 Å². The number of nitrogens with zero attached hydrogens (tertiary/aromatic N) is 6. The van der Waals surface area contributed by atoms with E-state index in [9.17, 15) is 4.79 Å². The van der Waals surface area contributed by atoms with Crippen molar-refractivity contribution < 1.29 is 0 Å². The molecule has 4 aromatic heterocycles. The molecule has 7 nitrogen and oxygen atoms in total. The molecule has 7 heteroatoms. The number of benzene rings is 6. The van der Waals surface area contributed by atoms with Crippen molar-refractivity contribution >= 4 is 38.6 Å². The molecule has 0 aliphatic carbocycles. The van der Waals surface area contributed by atoms with E-state index in [1.54, 1.807) is 0 Å². The molecule has 0 atom stereocenters. The molecular weight excluding hydrogens is 629 g/mol. The Labute approximate surface area is 292 Å². The van der Waals surface area contributed by atoms with Gasteiger partial charge in [0, 0.05) is 39.8 Å². The zero-order valence-corrected chi connectivity index (χ0v) is 27.3. The van der Waals surface area contributed by atoms with E-state index in [1.807, 2.05) is 130 Å². The number of hydrogen-bond donors (Lipinski definition) is 0. The summed E-state index contributed by atoms with van der Waals surface area (Å²) in [6, 6.07) is 55.0. The quantitative estimate of drug-likeness (QED) is 0.185. The number of hydrogen-bond acceptors (Lipinski definition) is 4. The second kappa shape index (κ2) is 11.5. The van der Waals surface area contributed by atoms with Crippen LogP contribution in [-0.4, -0.2) is 28.5 Å². The zero-order chi connectivity index (χ0) is 33.9. The minimum absolute atomic E-state index is 0.283. The molecule has 10 aromatic rings. The summed E-state index contributed by atoms with van der Waals surface area (Å²) in [5.74, 6) is 1.98. The Balaban J connectivity index is 1.19. The summed E-state index contributed by atoms with van der Waals surface area (Å²) in [4.78, 5) is 28.7. The van der Waals surface area contributed by atoms with E-state index >= 15 is 0 Å². The van der Waals surface area contributed by atoms with Gasteiger partial charge in [0.05, 0.1) is 33.3 Å². The lowest BCUT2D eigenvalue weighted by Gasteiger charge is -2.12. The van der Waals surface area contributed by atoms with E-state index in [2.05, 4.69) is 58.1 Å². The Kier molecular flexibility index (Phi) is 6.50. The minimum Gasteiger partial charge on any atom is -0.294 e. The third-order valence-corrected chi connectivity index (χ3v) is 9.53. The fourth-order valence-electron chi connectivity index (χ4n) is 7.19. The predicted octanol–water partition coefficient (Wildman–Crippen LogP) is 9.53. The van der Waals surface area contributed by atoms with Gasteiger partial charge in [0.15, 0.2) is 5.82 Å². The molecule has 0 amide bonds. The van der Waals surface area contributed by atoms with Gasteiger partial charge in [-0.2, -0.15) is 4.98 Å². The number of imidazole rings is 1. The van der Waals surface area contributed by atoms with E-state index in [0.29, 0.717) is 17.2 Å². The predicted molar refractivity (Wildman–Crippen MR) is 205 cm³/mol. The zero-order valence-electron chi connectivity index (χ0n) is 27.3. The molecule has 0 spiro atoms. The Hall–Kier alpha value is -7.12. The number of fused-ring (bicyclic) bond motifs is 6. The van der Waals surface area contributed by atoms with Crippen LogP contribution in [0.15, 0.2) is 175 Å². The summed E-state index contributed by atoms with van der Waals surface area (Å²) in [5.41, 5.74) is 8.71. The summed E-state index contributed by atoms with van der Waals surface area (Å²) in [5, 5.41) is 2.07. The molecule has 10 rings (SSSR count). The molecule has 0 unspecified atom stereocenters. The van der Waals surface area contributed by atoms with Gasteiger partial charge in [-0.15, -0.1) is 0 Å². The summed E-state index contributed by atoms with van der Waals surface area (Å²) >= 11 is 0. The Morgan fingerprint density at radius 3 is 1.84 bits per heavy atom. The molecule has 0 fully saturated rings. The summed E-state index contributed by atoms with van der Waals surface area (Å²) in [6.45, 7) is 0. The van der Waals surface area contributed by atoms with Crippen LogP contribution in [0.5, 0.6) is 0 Å². The van der Waals surface area contributed by atoms with Crippen molar-refractivity contribution in [2.24, 2.45) is 0 Å². The molecule has 0 aliphatic heterocycles. The molecule has 0 radical (unpaired) electrons. The van der Waals surface area contributed by atoms with Crippen LogP contribution >= 0.6 is 0 Å². The molecule has 6 aromatic carbocycles. The highest BCUT2D eigenvalue weighted by Gasteiger charge is 2.20. The normalized spacial score (nSPS) is 11.6. The SMILES string of the molecule is O=c1nc2n(-c3ccccc3)c3ccccc3n2cc1-c1ccc2c(c1)c1ccccc1n2-c1cc(-c2ccccc2)nc(-c2ccccc2)n1. The molecule has 4 heterocycles. The first kappa shape index (κ1) is 28.9. The second-order valence-corrected chi connectivity index (χ2v) is 12.5. The van der Waals surface area contributed by atoms with Gasteiger partial charge in [-0.1, -0.05) is 115 Å². The highest BCUT2D eigenvalue weighted by Crippen LogP contribution is 2.36. The minimum atomic E-state index is -0.283. The maximum Gasteiger partial charge on any atom is 0.282 e. The van der Waals surface area contributed by atoms with Crippen LogP contribution in [-0.2, 0) is 0 Å². The van der Waals surface area contributed by atoms with E-state index < -0.39 is 0 Å². The third-order valence-electron chi connectivity index (χ3n) is 9.53. The molecule has 0 bridgehead atoms.